The lowest BCUT2D eigenvalue weighted by atomic mass is 10.2. The topological polar surface area (TPSA) is 113 Å². The highest BCUT2D eigenvalue weighted by Crippen LogP contribution is 2.15. The van der Waals surface area contributed by atoms with E-state index in [0.29, 0.717) is 5.56 Å². The standard InChI is InChI=1S/C10H9N3O4S/c14-8(15)6-18(16,17)10-11-9(12-13-10)7-4-2-1-3-5-7/h1-5H,6H2,(H,14,15)(H,11,12,13). The van der Waals surface area contributed by atoms with E-state index in [4.69, 9.17) is 5.11 Å². The van der Waals surface area contributed by atoms with Gasteiger partial charge in [0.2, 0.25) is 15.0 Å². The van der Waals surface area contributed by atoms with Gasteiger partial charge in [0, 0.05) is 5.56 Å². The average Bonchev–Trinajstić information content (AvgIpc) is 2.78. The summed E-state index contributed by atoms with van der Waals surface area (Å²) in [5.41, 5.74) is 0.668. The minimum absolute atomic E-state index is 0.277. The monoisotopic (exact) mass is 267 g/mol. The highest BCUT2D eigenvalue weighted by atomic mass is 32.2. The molecular formula is C10H9N3O4S. The fourth-order valence-electron chi connectivity index (χ4n) is 1.34. The van der Waals surface area contributed by atoms with Crippen molar-refractivity contribution in [2.24, 2.45) is 0 Å². The number of aromatic nitrogens is 3. The second-order valence-corrected chi connectivity index (χ2v) is 5.40. The van der Waals surface area contributed by atoms with Crippen LogP contribution in [0.25, 0.3) is 11.4 Å². The zero-order valence-electron chi connectivity index (χ0n) is 9.07. The van der Waals surface area contributed by atoms with Gasteiger partial charge in [-0.05, 0) is 0 Å². The summed E-state index contributed by atoms with van der Waals surface area (Å²) in [5, 5.41) is 15.2. The largest absolute Gasteiger partial charge is 0.480 e. The lowest BCUT2D eigenvalue weighted by Crippen LogP contribution is -2.16. The molecule has 1 heterocycles. The van der Waals surface area contributed by atoms with Crippen molar-refractivity contribution < 1.29 is 18.3 Å². The maximum absolute atomic E-state index is 11.6. The number of aliphatic carboxylic acids is 1. The molecule has 2 N–H and O–H groups in total. The van der Waals surface area contributed by atoms with E-state index >= 15 is 0 Å². The zero-order valence-corrected chi connectivity index (χ0v) is 9.88. The number of benzene rings is 1. The predicted octanol–water partition coefficient (Wildman–Crippen LogP) is 0.330. The first-order valence-corrected chi connectivity index (χ1v) is 6.57. The van der Waals surface area contributed by atoms with Gasteiger partial charge in [-0.25, -0.2) is 8.42 Å². The number of hydrogen-bond acceptors (Lipinski definition) is 5. The maximum atomic E-state index is 11.6. The fraction of sp³-hybridized carbons (Fsp3) is 0.100. The van der Waals surface area contributed by atoms with E-state index in [2.05, 4.69) is 15.2 Å². The van der Waals surface area contributed by atoms with Crippen LogP contribution in [0.3, 0.4) is 0 Å². The SMILES string of the molecule is O=C(O)CS(=O)(=O)c1nnc(-c2ccccc2)[nH]1. The van der Waals surface area contributed by atoms with Crippen molar-refractivity contribution in [1.82, 2.24) is 15.2 Å². The molecule has 2 aromatic rings. The first-order chi connectivity index (χ1) is 8.49. The van der Waals surface area contributed by atoms with Crippen LogP contribution in [-0.2, 0) is 14.6 Å². The van der Waals surface area contributed by atoms with Gasteiger partial charge in [0.15, 0.2) is 11.6 Å². The van der Waals surface area contributed by atoms with E-state index in [1.54, 1.807) is 24.3 Å². The number of nitrogens with zero attached hydrogens (tertiary/aromatic N) is 2. The van der Waals surface area contributed by atoms with E-state index in [-0.39, 0.29) is 5.82 Å². The minimum atomic E-state index is -3.98. The summed E-state index contributed by atoms with van der Waals surface area (Å²) in [4.78, 5) is 12.9. The van der Waals surface area contributed by atoms with E-state index in [9.17, 15) is 13.2 Å². The van der Waals surface area contributed by atoms with Gasteiger partial charge in [-0.1, -0.05) is 30.3 Å². The number of carboxylic acids is 1. The number of carbonyl (C=O) groups is 1. The summed E-state index contributed by atoms with van der Waals surface area (Å²) < 4.78 is 23.1. The number of H-pyrrole nitrogens is 1. The number of rotatable bonds is 4. The van der Waals surface area contributed by atoms with E-state index in [1.165, 1.54) is 0 Å². The molecule has 0 atom stereocenters. The first-order valence-electron chi connectivity index (χ1n) is 4.92. The molecule has 94 valence electrons. The molecule has 1 aromatic carbocycles. The molecular weight excluding hydrogens is 258 g/mol. The Morgan fingerprint density at radius 3 is 2.50 bits per heavy atom. The molecule has 0 spiro atoms. The van der Waals surface area contributed by atoms with E-state index in [1.807, 2.05) is 6.07 Å². The molecule has 1 aromatic heterocycles. The Bertz CT molecular complexity index is 663. The van der Waals surface area contributed by atoms with Gasteiger partial charge in [0.05, 0.1) is 0 Å². The van der Waals surface area contributed by atoms with Crippen LogP contribution in [0.15, 0.2) is 35.5 Å². The third kappa shape index (κ3) is 2.54. The Morgan fingerprint density at radius 2 is 1.89 bits per heavy atom. The summed E-state index contributed by atoms with van der Waals surface area (Å²) in [6.07, 6.45) is 0. The first kappa shape index (κ1) is 12.2. The molecule has 7 nitrogen and oxygen atoms in total. The molecule has 0 saturated carbocycles. The van der Waals surface area contributed by atoms with Crippen molar-refractivity contribution in [2.45, 2.75) is 5.16 Å². The van der Waals surface area contributed by atoms with Crippen LogP contribution in [0.2, 0.25) is 0 Å². The summed E-state index contributed by atoms with van der Waals surface area (Å²) in [5.74, 6) is -2.18. The molecule has 0 saturated heterocycles. The fourth-order valence-corrected chi connectivity index (χ4v) is 2.22. The molecule has 18 heavy (non-hydrogen) atoms. The Kier molecular flexibility index (Phi) is 3.11. The second kappa shape index (κ2) is 4.57. The molecule has 0 fully saturated rings. The van der Waals surface area contributed by atoms with Crippen LogP contribution in [0, 0.1) is 0 Å². The average molecular weight is 267 g/mol. The third-order valence-electron chi connectivity index (χ3n) is 2.12. The van der Waals surface area contributed by atoms with Crippen LogP contribution in [0.4, 0.5) is 0 Å². The van der Waals surface area contributed by atoms with Gasteiger partial charge >= 0.3 is 5.97 Å². The maximum Gasteiger partial charge on any atom is 0.319 e. The van der Waals surface area contributed by atoms with Gasteiger partial charge in [0.1, 0.15) is 0 Å². The molecule has 0 amide bonds. The summed E-state index contributed by atoms with van der Waals surface area (Å²) in [6, 6.07) is 8.80. The summed E-state index contributed by atoms with van der Waals surface area (Å²) >= 11 is 0. The molecule has 0 bridgehead atoms. The molecule has 2 rings (SSSR count). The van der Waals surface area contributed by atoms with Crippen LogP contribution in [0.1, 0.15) is 0 Å². The van der Waals surface area contributed by atoms with Crippen molar-refractivity contribution in [3.63, 3.8) is 0 Å². The zero-order chi connectivity index (χ0) is 13.2. The van der Waals surface area contributed by atoms with Gasteiger partial charge in [-0.2, -0.15) is 0 Å². The second-order valence-electron chi connectivity index (χ2n) is 3.50. The van der Waals surface area contributed by atoms with Crippen molar-refractivity contribution in [3.8, 4) is 11.4 Å². The van der Waals surface area contributed by atoms with Crippen LogP contribution in [-0.4, -0.2) is 40.4 Å². The smallest absolute Gasteiger partial charge is 0.319 e. The van der Waals surface area contributed by atoms with Crippen molar-refractivity contribution >= 4 is 15.8 Å². The third-order valence-corrected chi connectivity index (χ3v) is 3.52. The van der Waals surface area contributed by atoms with Crippen LogP contribution in [0.5, 0.6) is 0 Å². The van der Waals surface area contributed by atoms with Crippen molar-refractivity contribution in [3.05, 3.63) is 30.3 Å². The van der Waals surface area contributed by atoms with Gasteiger partial charge < -0.3 is 10.1 Å². The Labute approximate surface area is 102 Å². The Hall–Kier alpha value is -2.22. The highest BCUT2D eigenvalue weighted by molar-refractivity contribution is 7.91. The summed E-state index contributed by atoms with van der Waals surface area (Å²) in [7, 11) is -3.98. The Balaban J connectivity index is 2.35. The van der Waals surface area contributed by atoms with E-state index in [0.717, 1.165) is 0 Å². The van der Waals surface area contributed by atoms with Crippen molar-refractivity contribution in [1.29, 1.82) is 0 Å². The van der Waals surface area contributed by atoms with Gasteiger partial charge in [-0.3, -0.25) is 4.79 Å². The molecule has 0 aliphatic rings. The number of hydrogen-bond donors (Lipinski definition) is 2. The highest BCUT2D eigenvalue weighted by Gasteiger charge is 2.23. The molecule has 0 radical (unpaired) electrons. The lowest BCUT2D eigenvalue weighted by Gasteiger charge is -1.95. The minimum Gasteiger partial charge on any atom is -0.480 e. The normalized spacial score (nSPS) is 11.3. The molecule has 8 heteroatoms. The number of nitrogens with one attached hydrogen (secondary N) is 1. The summed E-state index contributed by atoms with van der Waals surface area (Å²) in [6.45, 7) is 0. The Morgan fingerprint density at radius 1 is 1.22 bits per heavy atom. The molecule has 0 aliphatic heterocycles. The number of carboxylic acid groups (broad SMARTS) is 1. The molecule has 0 aliphatic carbocycles. The van der Waals surface area contributed by atoms with Gasteiger partial charge in [0.25, 0.3) is 0 Å². The van der Waals surface area contributed by atoms with Gasteiger partial charge in [-0.15, -0.1) is 10.2 Å². The lowest BCUT2D eigenvalue weighted by molar-refractivity contribution is -0.134. The quantitative estimate of drug-likeness (QED) is 0.825. The predicted molar refractivity (Wildman–Crippen MR) is 61.5 cm³/mol. The number of sulfone groups is 1. The van der Waals surface area contributed by atoms with E-state index < -0.39 is 26.7 Å². The van der Waals surface area contributed by atoms with Crippen LogP contribution >= 0.6 is 0 Å². The number of aromatic amines is 1. The molecule has 0 unspecified atom stereocenters. The van der Waals surface area contributed by atoms with Crippen molar-refractivity contribution in [2.75, 3.05) is 5.75 Å². The van der Waals surface area contributed by atoms with Crippen LogP contribution < -0.4 is 0 Å².